The van der Waals surface area contributed by atoms with Crippen LogP contribution in [-0.4, -0.2) is 51.1 Å². The van der Waals surface area contributed by atoms with E-state index in [1.807, 2.05) is 43.1 Å². The summed E-state index contributed by atoms with van der Waals surface area (Å²) < 4.78 is 5.87. The van der Waals surface area contributed by atoms with Gasteiger partial charge in [-0.25, -0.2) is 4.98 Å². The van der Waals surface area contributed by atoms with Gasteiger partial charge in [0.25, 0.3) is 5.89 Å². The zero-order valence-corrected chi connectivity index (χ0v) is 17.3. The quantitative estimate of drug-likeness (QED) is 0.672. The number of piperidine rings is 1. The number of rotatable bonds is 6. The van der Waals surface area contributed by atoms with Crippen LogP contribution in [0.3, 0.4) is 0 Å². The highest BCUT2D eigenvalue weighted by molar-refractivity contribution is 5.75. The average molecular weight is 406 g/mol. The molecule has 1 fully saturated rings. The van der Waals surface area contributed by atoms with Crippen LogP contribution in [0.2, 0.25) is 0 Å². The Bertz CT molecular complexity index is 993. The molecule has 2 aromatic heterocycles. The SMILES string of the molecule is CCC(=O)N1CCC(c2cncc(-c3nnc(-c4ccc(CNC)cc4)o3)n2)CC1. The van der Waals surface area contributed by atoms with Gasteiger partial charge in [-0.3, -0.25) is 9.78 Å². The summed E-state index contributed by atoms with van der Waals surface area (Å²) in [6.07, 6.45) is 5.77. The summed E-state index contributed by atoms with van der Waals surface area (Å²) in [5, 5.41) is 11.5. The van der Waals surface area contributed by atoms with Gasteiger partial charge in [0.05, 0.1) is 11.9 Å². The minimum atomic E-state index is 0.214. The molecular weight excluding hydrogens is 380 g/mol. The molecule has 0 bridgehead atoms. The topological polar surface area (TPSA) is 97.0 Å². The van der Waals surface area contributed by atoms with Gasteiger partial charge in [-0.05, 0) is 37.6 Å². The lowest BCUT2D eigenvalue weighted by Gasteiger charge is -2.31. The number of benzene rings is 1. The van der Waals surface area contributed by atoms with Crippen molar-refractivity contribution in [3.8, 4) is 23.0 Å². The number of nitrogens with one attached hydrogen (secondary N) is 1. The predicted molar refractivity (Wildman–Crippen MR) is 112 cm³/mol. The second-order valence-electron chi connectivity index (χ2n) is 7.48. The van der Waals surface area contributed by atoms with Gasteiger partial charge >= 0.3 is 0 Å². The lowest BCUT2D eigenvalue weighted by Crippen LogP contribution is -2.37. The van der Waals surface area contributed by atoms with Crippen molar-refractivity contribution in [2.45, 2.75) is 38.6 Å². The van der Waals surface area contributed by atoms with Crippen LogP contribution in [0.1, 0.15) is 43.4 Å². The third-order valence-electron chi connectivity index (χ3n) is 5.45. The van der Waals surface area contributed by atoms with Gasteiger partial charge in [-0.2, -0.15) is 0 Å². The van der Waals surface area contributed by atoms with Gasteiger partial charge in [-0.1, -0.05) is 19.1 Å². The number of carbonyl (C=O) groups is 1. The van der Waals surface area contributed by atoms with Gasteiger partial charge < -0.3 is 14.6 Å². The van der Waals surface area contributed by atoms with E-state index in [2.05, 4.69) is 20.5 Å². The van der Waals surface area contributed by atoms with Crippen LogP contribution >= 0.6 is 0 Å². The molecule has 0 radical (unpaired) electrons. The number of hydrogen-bond acceptors (Lipinski definition) is 7. The Morgan fingerprint density at radius 2 is 1.87 bits per heavy atom. The van der Waals surface area contributed by atoms with Crippen molar-refractivity contribution in [3.63, 3.8) is 0 Å². The van der Waals surface area contributed by atoms with E-state index < -0.39 is 0 Å². The highest BCUT2D eigenvalue weighted by Gasteiger charge is 2.24. The van der Waals surface area contributed by atoms with E-state index in [4.69, 9.17) is 9.40 Å². The Kier molecular flexibility index (Phi) is 6.13. The number of aromatic nitrogens is 4. The maximum absolute atomic E-state index is 11.9. The van der Waals surface area contributed by atoms with Crippen LogP contribution in [0.25, 0.3) is 23.0 Å². The monoisotopic (exact) mass is 406 g/mol. The fourth-order valence-corrected chi connectivity index (χ4v) is 3.74. The minimum Gasteiger partial charge on any atom is -0.415 e. The Balaban J connectivity index is 1.48. The van der Waals surface area contributed by atoms with Crippen LogP contribution in [0, 0.1) is 0 Å². The van der Waals surface area contributed by atoms with Crippen molar-refractivity contribution in [1.29, 1.82) is 0 Å². The molecule has 0 atom stereocenters. The van der Waals surface area contributed by atoms with E-state index in [1.54, 1.807) is 12.4 Å². The third kappa shape index (κ3) is 4.38. The summed E-state index contributed by atoms with van der Waals surface area (Å²) in [5.74, 6) is 1.31. The first-order valence-corrected chi connectivity index (χ1v) is 10.4. The second-order valence-corrected chi connectivity index (χ2v) is 7.48. The molecule has 0 saturated carbocycles. The second kappa shape index (κ2) is 9.13. The molecule has 0 spiro atoms. The Labute approximate surface area is 175 Å². The summed E-state index contributed by atoms with van der Waals surface area (Å²) in [5.41, 5.74) is 3.54. The van der Waals surface area contributed by atoms with Gasteiger partial charge in [-0.15, -0.1) is 10.2 Å². The van der Waals surface area contributed by atoms with Crippen molar-refractivity contribution in [2.24, 2.45) is 0 Å². The molecule has 8 heteroatoms. The maximum atomic E-state index is 11.9. The standard InChI is InChI=1S/C22H26N6O2/c1-3-20(29)28-10-8-16(9-11-28)18-13-24-14-19(25-18)22-27-26-21(30-22)17-6-4-15(5-7-17)12-23-2/h4-7,13-14,16,23H,3,8-12H2,1-2H3. The smallest absolute Gasteiger partial charge is 0.268 e. The Morgan fingerprint density at radius 3 is 2.57 bits per heavy atom. The summed E-state index contributed by atoms with van der Waals surface area (Å²) >= 11 is 0. The van der Waals surface area contributed by atoms with Gasteiger partial charge in [0.1, 0.15) is 5.69 Å². The predicted octanol–water partition coefficient (Wildman–Crippen LogP) is 3.03. The molecule has 1 aliphatic heterocycles. The average Bonchev–Trinajstić information content (AvgIpc) is 3.30. The van der Waals surface area contributed by atoms with E-state index in [0.29, 0.717) is 23.9 Å². The minimum absolute atomic E-state index is 0.214. The molecular formula is C22H26N6O2. The third-order valence-corrected chi connectivity index (χ3v) is 5.45. The molecule has 1 aliphatic rings. The van der Waals surface area contributed by atoms with Gasteiger partial charge in [0.2, 0.25) is 11.8 Å². The first-order chi connectivity index (χ1) is 14.7. The molecule has 3 aromatic rings. The van der Waals surface area contributed by atoms with Crippen molar-refractivity contribution >= 4 is 5.91 Å². The summed E-state index contributed by atoms with van der Waals surface area (Å²) in [7, 11) is 1.92. The van der Waals surface area contributed by atoms with Crippen LogP contribution in [0.5, 0.6) is 0 Å². The Morgan fingerprint density at radius 1 is 1.13 bits per heavy atom. The molecule has 0 aliphatic carbocycles. The molecule has 1 aromatic carbocycles. The lowest BCUT2D eigenvalue weighted by atomic mass is 9.93. The highest BCUT2D eigenvalue weighted by atomic mass is 16.4. The van der Waals surface area contributed by atoms with Gasteiger partial charge in [0.15, 0.2) is 0 Å². The molecule has 8 nitrogen and oxygen atoms in total. The van der Waals surface area contributed by atoms with Crippen molar-refractivity contribution in [2.75, 3.05) is 20.1 Å². The molecule has 30 heavy (non-hydrogen) atoms. The van der Waals surface area contributed by atoms with E-state index in [-0.39, 0.29) is 11.8 Å². The highest BCUT2D eigenvalue weighted by Crippen LogP contribution is 2.29. The van der Waals surface area contributed by atoms with E-state index in [9.17, 15) is 4.79 Å². The number of likely N-dealkylation sites (tertiary alicyclic amines) is 1. The summed E-state index contributed by atoms with van der Waals surface area (Å²) in [4.78, 5) is 22.9. The van der Waals surface area contributed by atoms with Crippen molar-refractivity contribution in [3.05, 3.63) is 47.9 Å². The molecule has 4 rings (SSSR count). The molecule has 1 amide bonds. The van der Waals surface area contributed by atoms with Gasteiger partial charge in [0, 0.05) is 43.7 Å². The zero-order valence-electron chi connectivity index (χ0n) is 17.3. The van der Waals surface area contributed by atoms with Crippen LogP contribution < -0.4 is 5.32 Å². The number of hydrogen-bond donors (Lipinski definition) is 1. The van der Waals surface area contributed by atoms with Crippen molar-refractivity contribution in [1.82, 2.24) is 30.4 Å². The van der Waals surface area contributed by atoms with E-state index >= 15 is 0 Å². The molecule has 156 valence electrons. The van der Waals surface area contributed by atoms with Crippen LogP contribution in [0.4, 0.5) is 0 Å². The lowest BCUT2D eigenvalue weighted by molar-refractivity contribution is -0.131. The summed E-state index contributed by atoms with van der Waals surface area (Å²) in [6.45, 7) is 4.23. The van der Waals surface area contributed by atoms with E-state index in [1.165, 1.54) is 5.56 Å². The molecule has 0 unspecified atom stereocenters. The molecule has 1 saturated heterocycles. The van der Waals surface area contributed by atoms with Crippen LogP contribution in [-0.2, 0) is 11.3 Å². The zero-order chi connectivity index (χ0) is 20.9. The van der Waals surface area contributed by atoms with Crippen LogP contribution in [0.15, 0.2) is 41.1 Å². The number of carbonyl (C=O) groups excluding carboxylic acids is 1. The maximum Gasteiger partial charge on any atom is 0.268 e. The molecule has 1 N–H and O–H groups in total. The molecule has 3 heterocycles. The normalized spacial score (nSPS) is 14.8. The fourth-order valence-electron chi connectivity index (χ4n) is 3.74. The first kappa shape index (κ1) is 20.2. The number of amides is 1. The summed E-state index contributed by atoms with van der Waals surface area (Å²) in [6, 6.07) is 8.01. The number of nitrogens with zero attached hydrogens (tertiary/aromatic N) is 5. The first-order valence-electron chi connectivity index (χ1n) is 10.4. The Hall–Kier alpha value is -3.13. The van der Waals surface area contributed by atoms with E-state index in [0.717, 1.165) is 43.7 Å². The van der Waals surface area contributed by atoms with Crippen molar-refractivity contribution < 1.29 is 9.21 Å². The largest absolute Gasteiger partial charge is 0.415 e. The fraction of sp³-hybridized carbons (Fsp3) is 0.409.